The lowest BCUT2D eigenvalue weighted by Crippen LogP contribution is -2.52. The van der Waals surface area contributed by atoms with Gasteiger partial charge in [0.1, 0.15) is 0 Å². The van der Waals surface area contributed by atoms with Crippen molar-refractivity contribution in [1.82, 2.24) is 10.2 Å². The van der Waals surface area contributed by atoms with Gasteiger partial charge in [0.05, 0.1) is 0 Å². The van der Waals surface area contributed by atoms with Crippen molar-refractivity contribution in [1.29, 1.82) is 0 Å². The predicted octanol–water partition coefficient (Wildman–Crippen LogP) is 1.63. The van der Waals surface area contributed by atoms with Gasteiger partial charge in [-0.2, -0.15) is 0 Å². The third-order valence-corrected chi connectivity index (χ3v) is 3.44. The Hall–Kier alpha value is -0.570. The maximum absolute atomic E-state index is 11.9. The van der Waals surface area contributed by atoms with Crippen molar-refractivity contribution in [2.45, 2.75) is 51.6 Å². The zero-order chi connectivity index (χ0) is 11.4. The molecular formula is C12H24N2O. The van der Waals surface area contributed by atoms with E-state index in [1.54, 1.807) is 0 Å². The van der Waals surface area contributed by atoms with Crippen molar-refractivity contribution in [2.75, 3.05) is 14.1 Å². The third kappa shape index (κ3) is 2.94. The average Bonchev–Trinajstić information content (AvgIpc) is 2.26. The standard InChI is InChI=1S/C12H24N2O/c1-9(2)12(15)14(4)11-8-6-5-7-10(11)13-3/h9-11,13H,5-8H2,1-4H3. The molecule has 0 radical (unpaired) electrons. The minimum atomic E-state index is 0.106. The molecule has 3 heteroatoms. The van der Waals surface area contributed by atoms with E-state index in [2.05, 4.69) is 5.32 Å². The molecule has 1 aliphatic carbocycles. The summed E-state index contributed by atoms with van der Waals surface area (Å²) in [6, 6.07) is 0.866. The first-order valence-electron chi connectivity index (χ1n) is 6.02. The third-order valence-electron chi connectivity index (χ3n) is 3.44. The van der Waals surface area contributed by atoms with E-state index in [0.29, 0.717) is 12.1 Å². The van der Waals surface area contributed by atoms with E-state index in [1.807, 2.05) is 32.8 Å². The minimum absolute atomic E-state index is 0.106. The molecule has 0 bridgehead atoms. The van der Waals surface area contributed by atoms with Gasteiger partial charge < -0.3 is 10.2 Å². The van der Waals surface area contributed by atoms with Crippen LogP contribution in [0.4, 0.5) is 0 Å². The Bertz CT molecular complexity index is 216. The first-order chi connectivity index (χ1) is 7.07. The number of likely N-dealkylation sites (N-methyl/N-ethyl adjacent to an activating group) is 2. The van der Waals surface area contributed by atoms with Gasteiger partial charge >= 0.3 is 0 Å². The summed E-state index contributed by atoms with van der Waals surface area (Å²) in [6.07, 6.45) is 4.86. The molecule has 2 unspecified atom stereocenters. The van der Waals surface area contributed by atoms with Gasteiger partial charge in [-0.05, 0) is 19.9 Å². The van der Waals surface area contributed by atoms with Gasteiger partial charge in [-0.25, -0.2) is 0 Å². The van der Waals surface area contributed by atoms with E-state index in [9.17, 15) is 4.79 Å². The van der Waals surface area contributed by atoms with Crippen molar-refractivity contribution >= 4 is 5.91 Å². The van der Waals surface area contributed by atoms with Crippen LogP contribution >= 0.6 is 0 Å². The van der Waals surface area contributed by atoms with Crippen LogP contribution < -0.4 is 5.32 Å². The summed E-state index contributed by atoms with van der Waals surface area (Å²) in [5.41, 5.74) is 0. The molecular weight excluding hydrogens is 188 g/mol. The van der Waals surface area contributed by atoms with Crippen LogP contribution in [-0.2, 0) is 4.79 Å². The zero-order valence-corrected chi connectivity index (χ0v) is 10.4. The maximum atomic E-state index is 11.9. The monoisotopic (exact) mass is 212 g/mol. The van der Waals surface area contributed by atoms with Gasteiger partial charge in [0, 0.05) is 25.0 Å². The van der Waals surface area contributed by atoms with Crippen LogP contribution in [0.5, 0.6) is 0 Å². The normalized spacial score (nSPS) is 26.7. The Morgan fingerprint density at radius 1 is 1.33 bits per heavy atom. The Labute approximate surface area is 93.2 Å². The maximum Gasteiger partial charge on any atom is 0.225 e. The SMILES string of the molecule is CNC1CCCCC1N(C)C(=O)C(C)C. The molecule has 1 aliphatic rings. The van der Waals surface area contributed by atoms with Gasteiger partial charge in [-0.15, -0.1) is 0 Å². The van der Waals surface area contributed by atoms with Gasteiger partial charge in [-0.1, -0.05) is 26.7 Å². The summed E-state index contributed by atoms with van der Waals surface area (Å²) in [5.74, 6) is 0.372. The Kier molecular flexibility index (Phi) is 4.58. The Balaban J connectivity index is 2.63. The summed E-state index contributed by atoms with van der Waals surface area (Å²) in [5, 5.41) is 3.33. The molecule has 0 saturated heterocycles. The second kappa shape index (κ2) is 5.50. The lowest BCUT2D eigenvalue weighted by Gasteiger charge is -2.38. The number of carbonyl (C=O) groups excluding carboxylic acids is 1. The van der Waals surface area contributed by atoms with Crippen LogP contribution in [0.3, 0.4) is 0 Å². The fraction of sp³-hybridized carbons (Fsp3) is 0.917. The van der Waals surface area contributed by atoms with Crippen LogP contribution in [0.15, 0.2) is 0 Å². The smallest absolute Gasteiger partial charge is 0.225 e. The number of carbonyl (C=O) groups is 1. The van der Waals surface area contributed by atoms with Crippen molar-refractivity contribution in [3.63, 3.8) is 0 Å². The number of hydrogen-bond donors (Lipinski definition) is 1. The highest BCUT2D eigenvalue weighted by molar-refractivity contribution is 5.78. The highest BCUT2D eigenvalue weighted by Gasteiger charge is 2.30. The van der Waals surface area contributed by atoms with Gasteiger partial charge in [-0.3, -0.25) is 4.79 Å². The van der Waals surface area contributed by atoms with Crippen LogP contribution in [0.25, 0.3) is 0 Å². The van der Waals surface area contributed by atoms with E-state index >= 15 is 0 Å². The molecule has 0 aromatic carbocycles. The summed E-state index contributed by atoms with van der Waals surface area (Å²) in [4.78, 5) is 13.9. The van der Waals surface area contributed by atoms with Crippen LogP contribution in [0.2, 0.25) is 0 Å². The number of nitrogens with one attached hydrogen (secondary N) is 1. The molecule has 3 nitrogen and oxygen atoms in total. The molecule has 0 aromatic rings. The van der Waals surface area contributed by atoms with Crippen molar-refractivity contribution in [3.05, 3.63) is 0 Å². The summed E-state index contributed by atoms with van der Waals surface area (Å²) < 4.78 is 0. The molecule has 15 heavy (non-hydrogen) atoms. The van der Waals surface area contributed by atoms with Crippen LogP contribution in [0, 0.1) is 5.92 Å². The summed E-state index contributed by atoms with van der Waals surface area (Å²) in [7, 11) is 3.94. The van der Waals surface area contributed by atoms with E-state index in [0.717, 1.165) is 6.42 Å². The Morgan fingerprint density at radius 2 is 1.93 bits per heavy atom. The molecule has 0 spiro atoms. The first-order valence-corrected chi connectivity index (χ1v) is 6.02. The molecule has 1 saturated carbocycles. The lowest BCUT2D eigenvalue weighted by molar-refractivity contribution is -0.136. The Morgan fingerprint density at radius 3 is 2.47 bits per heavy atom. The predicted molar refractivity (Wildman–Crippen MR) is 62.7 cm³/mol. The molecule has 0 heterocycles. The topological polar surface area (TPSA) is 32.3 Å². The van der Waals surface area contributed by atoms with Crippen molar-refractivity contribution in [3.8, 4) is 0 Å². The van der Waals surface area contributed by atoms with Crippen LogP contribution in [0.1, 0.15) is 39.5 Å². The van der Waals surface area contributed by atoms with Gasteiger partial charge in [0.15, 0.2) is 0 Å². The molecule has 0 aliphatic heterocycles. The van der Waals surface area contributed by atoms with E-state index in [1.165, 1.54) is 19.3 Å². The minimum Gasteiger partial charge on any atom is -0.341 e. The molecule has 88 valence electrons. The first kappa shape index (κ1) is 12.5. The quantitative estimate of drug-likeness (QED) is 0.771. The zero-order valence-electron chi connectivity index (χ0n) is 10.4. The van der Waals surface area contributed by atoms with Gasteiger partial charge in [0.2, 0.25) is 5.91 Å². The summed E-state index contributed by atoms with van der Waals surface area (Å²) in [6.45, 7) is 3.94. The average molecular weight is 212 g/mol. The second-order valence-corrected chi connectivity index (χ2v) is 4.85. The second-order valence-electron chi connectivity index (χ2n) is 4.85. The highest BCUT2D eigenvalue weighted by Crippen LogP contribution is 2.23. The molecule has 2 atom stereocenters. The van der Waals surface area contributed by atoms with E-state index in [-0.39, 0.29) is 11.8 Å². The largest absolute Gasteiger partial charge is 0.341 e. The number of hydrogen-bond acceptors (Lipinski definition) is 2. The van der Waals surface area contributed by atoms with Crippen molar-refractivity contribution in [2.24, 2.45) is 5.92 Å². The fourth-order valence-corrected chi connectivity index (χ4v) is 2.48. The molecule has 1 N–H and O–H groups in total. The number of nitrogens with zero attached hydrogens (tertiary/aromatic N) is 1. The number of amides is 1. The van der Waals surface area contributed by atoms with Crippen molar-refractivity contribution < 1.29 is 4.79 Å². The summed E-state index contributed by atoms with van der Waals surface area (Å²) >= 11 is 0. The fourth-order valence-electron chi connectivity index (χ4n) is 2.48. The van der Waals surface area contributed by atoms with Gasteiger partial charge in [0.25, 0.3) is 0 Å². The lowest BCUT2D eigenvalue weighted by atomic mass is 9.89. The van der Waals surface area contributed by atoms with Crippen LogP contribution in [-0.4, -0.2) is 37.0 Å². The molecule has 1 fully saturated rings. The number of rotatable bonds is 3. The molecule has 1 rings (SSSR count). The highest BCUT2D eigenvalue weighted by atomic mass is 16.2. The molecule has 1 amide bonds. The van der Waals surface area contributed by atoms with E-state index < -0.39 is 0 Å². The van der Waals surface area contributed by atoms with E-state index in [4.69, 9.17) is 0 Å². The molecule has 0 aromatic heterocycles.